The molecular weight excluding hydrogens is 416 g/mol. The van der Waals surface area contributed by atoms with E-state index in [1.807, 2.05) is 0 Å². The van der Waals surface area contributed by atoms with Crippen LogP contribution in [0.5, 0.6) is 5.75 Å². The smallest absolute Gasteiger partial charge is 0.326 e. The number of rotatable bonds is 11. The molecule has 0 bridgehead atoms. The number of hydrogen-bond donors (Lipinski definition) is 6. The Morgan fingerprint density at radius 3 is 1.78 bits per heavy atom. The topological polar surface area (TPSA) is 171 Å². The second-order valence-corrected chi connectivity index (χ2v) is 8.51. The van der Waals surface area contributed by atoms with Gasteiger partial charge in [0.1, 0.15) is 23.9 Å². The first-order chi connectivity index (χ1) is 14.8. The van der Waals surface area contributed by atoms with E-state index in [4.69, 9.17) is 5.73 Å². The van der Waals surface area contributed by atoms with Crippen LogP contribution >= 0.6 is 0 Å². The van der Waals surface area contributed by atoms with Crippen molar-refractivity contribution in [3.8, 4) is 5.75 Å². The van der Waals surface area contributed by atoms with Gasteiger partial charge >= 0.3 is 5.97 Å². The molecule has 1 aromatic carbocycles. The fourth-order valence-corrected chi connectivity index (χ4v) is 2.93. The maximum atomic E-state index is 12.6. The molecule has 0 aliphatic rings. The van der Waals surface area contributed by atoms with Gasteiger partial charge in [-0.2, -0.15) is 0 Å². The van der Waals surface area contributed by atoms with Gasteiger partial charge in [-0.3, -0.25) is 14.4 Å². The molecule has 3 amide bonds. The van der Waals surface area contributed by atoms with Gasteiger partial charge < -0.3 is 31.9 Å². The largest absolute Gasteiger partial charge is 0.508 e. The number of phenolic OH excluding ortho intramolecular Hbond substituents is 1. The molecule has 1 aromatic rings. The zero-order valence-corrected chi connectivity index (χ0v) is 19.1. The Hall–Kier alpha value is -3.14. The summed E-state index contributed by atoms with van der Waals surface area (Å²) in [6, 6.07) is 2.31. The molecular formula is C22H34N4O6. The Kier molecular flexibility index (Phi) is 10.1. The number of amides is 3. The Balaban J connectivity index is 2.71. The normalized spacial score (nSPS) is 14.9. The van der Waals surface area contributed by atoms with Crippen molar-refractivity contribution in [2.45, 2.75) is 65.2 Å². The van der Waals surface area contributed by atoms with Gasteiger partial charge in [-0.1, -0.05) is 39.8 Å². The fraction of sp³-hybridized carbons (Fsp3) is 0.545. The second-order valence-electron chi connectivity index (χ2n) is 8.51. The number of aromatic hydroxyl groups is 1. The van der Waals surface area contributed by atoms with Gasteiger partial charge in [-0.25, -0.2) is 4.79 Å². The summed E-state index contributed by atoms with van der Waals surface area (Å²) < 4.78 is 0. The van der Waals surface area contributed by atoms with E-state index in [1.54, 1.807) is 39.8 Å². The lowest BCUT2D eigenvalue weighted by Gasteiger charge is -2.27. The average Bonchev–Trinajstić information content (AvgIpc) is 2.70. The van der Waals surface area contributed by atoms with E-state index in [0.717, 1.165) is 5.56 Å². The van der Waals surface area contributed by atoms with Crippen LogP contribution in [0.1, 0.15) is 40.2 Å². The fourth-order valence-electron chi connectivity index (χ4n) is 2.93. The van der Waals surface area contributed by atoms with Crippen LogP contribution in [0.4, 0.5) is 0 Å². The Morgan fingerprint density at radius 2 is 1.31 bits per heavy atom. The number of aliphatic carboxylic acids is 1. The molecule has 0 heterocycles. The number of carbonyl (C=O) groups excluding carboxylic acids is 3. The third kappa shape index (κ3) is 8.18. The number of phenols is 1. The SMILES string of the molecule is CC(C)[C@H](NC(=O)[C@@H](NC(=O)[C@H](C)NC(=O)[C@@H](N)Cc1ccc(O)cc1)C(C)C)C(=O)O. The van der Waals surface area contributed by atoms with E-state index < -0.39 is 47.9 Å². The molecule has 0 fully saturated rings. The number of carboxylic acids is 1. The highest BCUT2D eigenvalue weighted by Crippen LogP contribution is 2.11. The summed E-state index contributed by atoms with van der Waals surface area (Å²) >= 11 is 0. The summed E-state index contributed by atoms with van der Waals surface area (Å²) in [5.41, 5.74) is 6.67. The van der Waals surface area contributed by atoms with Crippen molar-refractivity contribution in [3.63, 3.8) is 0 Å². The molecule has 0 aliphatic heterocycles. The number of carboxylic acid groups (broad SMARTS) is 1. The molecule has 32 heavy (non-hydrogen) atoms. The van der Waals surface area contributed by atoms with Crippen molar-refractivity contribution in [2.24, 2.45) is 17.6 Å². The maximum Gasteiger partial charge on any atom is 0.326 e. The van der Waals surface area contributed by atoms with Gasteiger partial charge in [0, 0.05) is 0 Å². The van der Waals surface area contributed by atoms with Crippen molar-refractivity contribution < 1.29 is 29.4 Å². The van der Waals surface area contributed by atoms with Crippen LogP contribution in [0.25, 0.3) is 0 Å². The molecule has 0 saturated carbocycles. The first-order valence-electron chi connectivity index (χ1n) is 10.5. The molecule has 0 saturated heterocycles. The van der Waals surface area contributed by atoms with Crippen LogP contribution < -0.4 is 21.7 Å². The summed E-state index contributed by atoms with van der Waals surface area (Å²) in [5.74, 6) is -3.47. The van der Waals surface area contributed by atoms with Crippen LogP contribution in [0.3, 0.4) is 0 Å². The lowest BCUT2D eigenvalue weighted by molar-refractivity contribution is -0.143. The summed E-state index contributed by atoms with van der Waals surface area (Å²) in [6.45, 7) is 8.23. The van der Waals surface area contributed by atoms with E-state index in [2.05, 4.69) is 16.0 Å². The quantitative estimate of drug-likeness (QED) is 0.278. The van der Waals surface area contributed by atoms with Crippen molar-refractivity contribution >= 4 is 23.7 Å². The minimum absolute atomic E-state index is 0.101. The van der Waals surface area contributed by atoms with Gasteiger partial charge in [-0.15, -0.1) is 0 Å². The van der Waals surface area contributed by atoms with E-state index in [0.29, 0.717) is 0 Å². The average molecular weight is 451 g/mol. The lowest BCUT2D eigenvalue weighted by Crippen LogP contribution is -2.58. The molecule has 0 radical (unpaired) electrons. The standard InChI is InChI=1S/C22H34N4O6/c1-11(2)17(21(30)26-18(12(3)4)22(31)32)25-19(28)13(5)24-20(29)16(23)10-14-6-8-15(27)9-7-14/h6-9,11-13,16-18,27H,10,23H2,1-5H3,(H,24,29)(H,25,28)(H,26,30)(H,31,32)/t13-,16-,17-,18-/m0/s1. The van der Waals surface area contributed by atoms with Crippen molar-refractivity contribution in [3.05, 3.63) is 29.8 Å². The van der Waals surface area contributed by atoms with E-state index in [1.165, 1.54) is 19.1 Å². The van der Waals surface area contributed by atoms with Crippen LogP contribution in [-0.4, -0.2) is 58.1 Å². The highest BCUT2D eigenvalue weighted by atomic mass is 16.4. The zero-order chi connectivity index (χ0) is 24.6. The van der Waals surface area contributed by atoms with Crippen LogP contribution in [0.2, 0.25) is 0 Å². The molecule has 10 heteroatoms. The summed E-state index contributed by atoms with van der Waals surface area (Å²) in [4.78, 5) is 48.9. The molecule has 10 nitrogen and oxygen atoms in total. The summed E-state index contributed by atoms with van der Waals surface area (Å²) in [7, 11) is 0. The molecule has 178 valence electrons. The lowest BCUT2D eigenvalue weighted by atomic mass is 10.00. The third-order valence-electron chi connectivity index (χ3n) is 4.96. The summed E-state index contributed by atoms with van der Waals surface area (Å²) in [6.07, 6.45) is 0.212. The molecule has 0 aliphatic carbocycles. The highest BCUT2D eigenvalue weighted by Gasteiger charge is 2.31. The predicted octanol–water partition coefficient (Wildman–Crippen LogP) is 0.133. The van der Waals surface area contributed by atoms with E-state index in [-0.39, 0.29) is 24.0 Å². The molecule has 1 rings (SSSR count). The first kappa shape index (κ1) is 26.9. The Morgan fingerprint density at radius 1 is 0.812 bits per heavy atom. The Labute approximate surface area is 187 Å². The number of carbonyl (C=O) groups is 4. The number of nitrogens with one attached hydrogen (secondary N) is 3. The Bertz CT molecular complexity index is 809. The first-order valence-corrected chi connectivity index (χ1v) is 10.5. The zero-order valence-electron chi connectivity index (χ0n) is 19.1. The van der Waals surface area contributed by atoms with Gasteiger partial charge in [0.15, 0.2) is 0 Å². The second kappa shape index (κ2) is 12.0. The van der Waals surface area contributed by atoms with Crippen LogP contribution in [0, 0.1) is 11.8 Å². The molecule has 7 N–H and O–H groups in total. The molecule has 4 atom stereocenters. The number of hydrogen-bond acceptors (Lipinski definition) is 6. The highest BCUT2D eigenvalue weighted by molar-refractivity contribution is 5.94. The monoisotopic (exact) mass is 450 g/mol. The molecule has 0 aromatic heterocycles. The maximum absolute atomic E-state index is 12.6. The van der Waals surface area contributed by atoms with Crippen molar-refractivity contribution in [1.29, 1.82) is 0 Å². The number of nitrogens with two attached hydrogens (primary N) is 1. The molecule has 0 spiro atoms. The van der Waals surface area contributed by atoms with Gasteiger partial charge in [0.05, 0.1) is 6.04 Å². The summed E-state index contributed by atoms with van der Waals surface area (Å²) in [5, 5.41) is 26.1. The van der Waals surface area contributed by atoms with Gasteiger partial charge in [0.2, 0.25) is 17.7 Å². The van der Waals surface area contributed by atoms with E-state index in [9.17, 15) is 29.4 Å². The third-order valence-corrected chi connectivity index (χ3v) is 4.96. The molecule has 0 unspecified atom stereocenters. The van der Waals surface area contributed by atoms with Crippen LogP contribution in [-0.2, 0) is 25.6 Å². The minimum Gasteiger partial charge on any atom is -0.508 e. The van der Waals surface area contributed by atoms with Crippen molar-refractivity contribution in [2.75, 3.05) is 0 Å². The van der Waals surface area contributed by atoms with E-state index >= 15 is 0 Å². The van der Waals surface area contributed by atoms with Gasteiger partial charge in [0.25, 0.3) is 0 Å². The minimum atomic E-state index is -1.16. The number of benzene rings is 1. The predicted molar refractivity (Wildman–Crippen MR) is 119 cm³/mol. The van der Waals surface area contributed by atoms with Crippen molar-refractivity contribution in [1.82, 2.24) is 16.0 Å². The van der Waals surface area contributed by atoms with Crippen LogP contribution in [0.15, 0.2) is 24.3 Å². The van der Waals surface area contributed by atoms with Gasteiger partial charge in [-0.05, 0) is 42.9 Å².